The third-order valence-corrected chi connectivity index (χ3v) is 6.61. The van der Waals surface area contributed by atoms with Crippen molar-refractivity contribution in [3.8, 4) is 0 Å². The number of pyridine rings is 1. The quantitative estimate of drug-likeness (QED) is 0.559. The highest BCUT2D eigenvalue weighted by molar-refractivity contribution is 6.06. The Bertz CT molecular complexity index is 1230. The SMILES string of the molecule is O=C(Nc1ccc(F)c(F)c1)N1CCC2(CC1)C(=O)N(c1ccc(F)cc1)C2c1ccccn1. The van der Waals surface area contributed by atoms with Crippen LogP contribution in [0, 0.1) is 22.9 Å². The van der Waals surface area contributed by atoms with E-state index in [2.05, 4.69) is 10.3 Å². The summed E-state index contributed by atoms with van der Waals surface area (Å²) < 4.78 is 40.1. The molecule has 3 aromatic rings. The van der Waals surface area contributed by atoms with Crippen LogP contribution < -0.4 is 10.2 Å². The number of piperidine rings is 1. The Labute approximate surface area is 194 Å². The molecule has 2 fully saturated rings. The summed E-state index contributed by atoms with van der Waals surface area (Å²) >= 11 is 0. The Kier molecular flexibility index (Phi) is 5.47. The van der Waals surface area contributed by atoms with E-state index in [1.54, 1.807) is 34.2 Å². The number of likely N-dealkylation sites (tertiary alicyclic amines) is 1. The van der Waals surface area contributed by atoms with Gasteiger partial charge in [-0.3, -0.25) is 9.78 Å². The number of β-lactam (4-membered cyclic amide) rings is 1. The van der Waals surface area contributed by atoms with Crippen molar-refractivity contribution in [2.75, 3.05) is 23.3 Å². The number of carbonyl (C=O) groups excluding carboxylic acids is 2. The van der Waals surface area contributed by atoms with Crippen molar-refractivity contribution in [1.29, 1.82) is 0 Å². The van der Waals surface area contributed by atoms with E-state index in [0.717, 1.165) is 17.8 Å². The fourth-order valence-corrected chi connectivity index (χ4v) is 4.85. The molecule has 0 bridgehead atoms. The van der Waals surface area contributed by atoms with Crippen LogP contribution in [-0.4, -0.2) is 34.9 Å². The third-order valence-electron chi connectivity index (χ3n) is 6.61. The van der Waals surface area contributed by atoms with Gasteiger partial charge in [-0.15, -0.1) is 0 Å². The van der Waals surface area contributed by atoms with Gasteiger partial charge in [-0.25, -0.2) is 18.0 Å². The summed E-state index contributed by atoms with van der Waals surface area (Å²) in [5.74, 6) is -2.51. The molecule has 0 saturated carbocycles. The van der Waals surface area contributed by atoms with Crippen LogP contribution in [0.2, 0.25) is 0 Å². The standard InChI is InChI=1S/C25H21F3N4O2/c26-16-4-7-18(8-5-16)32-22(21-3-1-2-12-29-21)25(23(32)33)10-13-31(14-11-25)24(34)30-17-6-9-19(27)20(28)15-17/h1-9,12,15,22H,10-11,13-14H2,(H,30,34). The van der Waals surface area contributed by atoms with E-state index in [1.165, 1.54) is 18.2 Å². The number of urea groups is 1. The first-order valence-electron chi connectivity index (χ1n) is 10.9. The molecule has 9 heteroatoms. The van der Waals surface area contributed by atoms with Crippen molar-refractivity contribution in [2.45, 2.75) is 18.9 Å². The number of aromatic nitrogens is 1. The van der Waals surface area contributed by atoms with Crippen molar-refractivity contribution in [1.82, 2.24) is 9.88 Å². The first kappa shape index (κ1) is 21.9. The van der Waals surface area contributed by atoms with E-state index < -0.39 is 23.1 Å². The van der Waals surface area contributed by atoms with Crippen molar-refractivity contribution < 1.29 is 22.8 Å². The highest BCUT2D eigenvalue weighted by atomic mass is 19.2. The van der Waals surface area contributed by atoms with Crippen molar-refractivity contribution in [3.63, 3.8) is 0 Å². The van der Waals surface area contributed by atoms with Gasteiger partial charge in [0.2, 0.25) is 5.91 Å². The Balaban J connectivity index is 1.35. The molecule has 0 radical (unpaired) electrons. The van der Waals surface area contributed by atoms with Crippen molar-refractivity contribution >= 4 is 23.3 Å². The molecule has 2 aliphatic heterocycles. The van der Waals surface area contributed by atoms with Crippen LogP contribution in [0.15, 0.2) is 66.9 Å². The lowest BCUT2D eigenvalue weighted by Crippen LogP contribution is -2.67. The maximum Gasteiger partial charge on any atom is 0.321 e. The molecule has 0 aliphatic carbocycles. The highest BCUT2D eigenvalue weighted by Crippen LogP contribution is 2.57. The zero-order valence-electron chi connectivity index (χ0n) is 18.0. The van der Waals surface area contributed by atoms with E-state index in [0.29, 0.717) is 31.6 Å². The Morgan fingerprint density at radius 1 is 0.971 bits per heavy atom. The van der Waals surface area contributed by atoms with Crippen molar-refractivity contribution in [3.05, 3.63) is 90.0 Å². The number of carbonyl (C=O) groups is 2. The Morgan fingerprint density at radius 3 is 2.35 bits per heavy atom. The topological polar surface area (TPSA) is 65.5 Å². The number of rotatable bonds is 3. The lowest BCUT2D eigenvalue weighted by Gasteiger charge is -2.58. The van der Waals surface area contributed by atoms with Crippen LogP contribution in [0.4, 0.5) is 29.3 Å². The molecule has 2 aromatic carbocycles. The molecule has 1 unspecified atom stereocenters. The number of halogens is 3. The summed E-state index contributed by atoms with van der Waals surface area (Å²) in [6.07, 6.45) is 2.49. The number of amides is 3. The number of nitrogens with zero attached hydrogens (tertiary/aromatic N) is 3. The minimum absolute atomic E-state index is 0.0876. The molecule has 34 heavy (non-hydrogen) atoms. The van der Waals surface area contributed by atoms with Gasteiger partial charge >= 0.3 is 6.03 Å². The first-order valence-corrected chi connectivity index (χ1v) is 10.9. The van der Waals surface area contributed by atoms with Gasteiger partial charge in [0.1, 0.15) is 5.82 Å². The minimum atomic E-state index is -1.05. The lowest BCUT2D eigenvalue weighted by molar-refractivity contribution is -0.144. The van der Waals surface area contributed by atoms with Crippen LogP contribution in [0.5, 0.6) is 0 Å². The third kappa shape index (κ3) is 3.67. The molecule has 3 heterocycles. The average Bonchev–Trinajstić information content (AvgIpc) is 2.86. The average molecular weight is 466 g/mol. The van der Waals surface area contributed by atoms with Crippen LogP contribution in [0.3, 0.4) is 0 Å². The zero-order chi connectivity index (χ0) is 23.9. The van der Waals surface area contributed by atoms with Crippen molar-refractivity contribution in [2.24, 2.45) is 5.41 Å². The van der Waals surface area contributed by atoms with Crippen LogP contribution >= 0.6 is 0 Å². The normalized spacial score (nSPS) is 19.1. The summed E-state index contributed by atoms with van der Waals surface area (Å²) in [6.45, 7) is 0.615. The fourth-order valence-electron chi connectivity index (χ4n) is 4.85. The van der Waals surface area contributed by atoms with Crippen LogP contribution in [0.1, 0.15) is 24.6 Å². The van der Waals surface area contributed by atoms with Gasteiger partial charge in [0, 0.05) is 36.7 Å². The van der Waals surface area contributed by atoms with E-state index in [9.17, 15) is 22.8 Å². The summed E-state index contributed by atoms with van der Waals surface area (Å²) in [5.41, 5.74) is 0.733. The second-order valence-corrected chi connectivity index (χ2v) is 8.51. The molecule has 2 aliphatic rings. The predicted molar refractivity (Wildman–Crippen MR) is 119 cm³/mol. The molecular formula is C25H21F3N4O2. The summed E-state index contributed by atoms with van der Waals surface area (Å²) in [7, 11) is 0. The molecule has 6 nitrogen and oxygen atoms in total. The lowest BCUT2D eigenvalue weighted by atomic mass is 9.63. The molecule has 1 atom stereocenters. The largest absolute Gasteiger partial charge is 0.324 e. The molecule has 174 valence electrons. The van der Waals surface area contributed by atoms with E-state index in [4.69, 9.17) is 0 Å². The molecule has 5 rings (SSSR count). The second-order valence-electron chi connectivity index (χ2n) is 8.51. The number of benzene rings is 2. The molecule has 1 N–H and O–H groups in total. The maximum atomic E-state index is 13.5. The molecule has 3 amide bonds. The molecular weight excluding hydrogens is 445 g/mol. The minimum Gasteiger partial charge on any atom is -0.324 e. The van der Waals surface area contributed by atoms with Gasteiger partial charge in [0.25, 0.3) is 0 Å². The molecule has 2 saturated heterocycles. The van der Waals surface area contributed by atoms with Gasteiger partial charge in [0.05, 0.1) is 17.2 Å². The Morgan fingerprint density at radius 2 is 1.71 bits per heavy atom. The number of hydrogen-bond acceptors (Lipinski definition) is 3. The number of hydrogen-bond donors (Lipinski definition) is 1. The summed E-state index contributed by atoms with van der Waals surface area (Å²) in [5, 5.41) is 2.57. The van der Waals surface area contributed by atoms with E-state index in [-0.39, 0.29) is 23.5 Å². The second kappa shape index (κ2) is 8.48. The van der Waals surface area contributed by atoms with Gasteiger partial charge in [-0.1, -0.05) is 6.07 Å². The molecule has 1 spiro atoms. The van der Waals surface area contributed by atoms with Gasteiger partial charge in [0.15, 0.2) is 11.6 Å². The Hall–Kier alpha value is -3.88. The summed E-state index contributed by atoms with van der Waals surface area (Å²) in [4.78, 5) is 33.8. The van der Waals surface area contributed by atoms with Gasteiger partial charge < -0.3 is 15.1 Å². The smallest absolute Gasteiger partial charge is 0.321 e. The predicted octanol–water partition coefficient (Wildman–Crippen LogP) is 4.90. The summed E-state index contributed by atoms with van der Waals surface area (Å²) in [6, 6.07) is 13.6. The molecule has 1 aromatic heterocycles. The highest BCUT2D eigenvalue weighted by Gasteiger charge is 2.62. The van der Waals surface area contributed by atoms with Gasteiger partial charge in [-0.05, 0) is 61.4 Å². The fraction of sp³-hybridized carbons (Fsp3) is 0.240. The maximum absolute atomic E-state index is 13.5. The number of nitrogens with one attached hydrogen (secondary N) is 1. The van der Waals surface area contributed by atoms with Crippen LogP contribution in [0.25, 0.3) is 0 Å². The van der Waals surface area contributed by atoms with E-state index >= 15 is 0 Å². The number of anilines is 2. The monoisotopic (exact) mass is 466 g/mol. The van der Waals surface area contributed by atoms with E-state index in [1.807, 2.05) is 12.1 Å². The zero-order valence-corrected chi connectivity index (χ0v) is 18.0. The first-order chi connectivity index (χ1) is 16.4. The van der Waals surface area contributed by atoms with Gasteiger partial charge in [-0.2, -0.15) is 0 Å². The van der Waals surface area contributed by atoms with Crippen LogP contribution in [-0.2, 0) is 4.79 Å².